The van der Waals surface area contributed by atoms with E-state index < -0.39 is 0 Å². The first-order valence-corrected chi connectivity index (χ1v) is 7.79. The number of oxazole rings is 1. The van der Waals surface area contributed by atoms with Crippen LogP contribution in [0.2, 0.25) is 0 Å². The predicted octanol–water partition coefficient (Wildman–Crippen LogP) is 5.13. The Morgan fingerprint density at radius 2 is 1.73 bits per heavy atom. The van der Waals surface area contributed by atoms with Crippen molar-refractivity contribution in [2.24, 2.45) is 0 Å². The highest BCUT2D eigenvalue weighted by Gasteiger charge is 2.13. The maximum absolute atomic E-state index is 5.49. The van der Waals surface area contributed by atoms with Gasteiger partial charge in [0.15, 0.2) is 0 Å². The molecule has 0 aliphatic heterocycles. The van der Waals surface area contributed by atoms with Crippen LogP contribution in [0, 0.1) is 0 Å². The van der Waals surface area contributed by atoms with E-state index >= 15 is 0 Å². The van der Waals surface area contributed by atoms with Crippen LogP contribution in [0.4, 0.5) is 0 Å². The number of nitrogens with zero attached hydrogens (tertiary/aromatic N) is 2. The Hall–Kier alpha value is -2.72. The topological polar surface area (TPSA) is 38.9 Å². The summed E-state index contributed by atoms with van der Waals surface area (Å²) in [6.45, 7) is 0. The van der Waals surface area contributed by atoms with Gasteiger partial charge in [-0.15, -0.1) is 11.3 Å². The maximum atomic E-state index is 5.49. The predicted molar refractivity (Wildman–Crippen MR) is 88.5 cm³/mol. The molecule has 0 spiro atoms. The molecule has 2 aromatic heterocycles. The lowest BCUT2D eigenvalue weighted by Gasteiger charge is -2.09. The zero-order chi connectivity index (χ0) is 14.8. The number of hydrogen-bond donors (Lipinski definition) is 0. The van der Waals surface area contributed by atoms with Gasteiger partial charge in [0, 0.05) is 22.7 Å². The van der Waals surface area contributed by atoms with Crippen LogP contribution in [0.5, 0.6) is 0 Å². The normalized spacial score (nSPS) is 10.7. The zero-order valence-electron chi connectivity index (χ0n) is 11.6. The van der Waals surface area contributed by atoms with Gasteiger partial charge in [-0.25, -0.2) is 9.97 Å². The van der Waals surface area contributed by atoms with E-state index in [0.29, 0.717) is 5.89 Å². The van der Waals surface area contributed by atoms with E-state index in [1.165, 1.54) is 0 Å². The molecule has 0 saturated carbocycles. The number of thiazole rings is 1. The monoisotopic (exact) mass is 304 g/mol. The average molecular weight is 304 g/mol. The summed E-state index contributed by atoms with van der Waals surface area (Å²) in [7, 11) is 0. The van der Waals surface area contributed by atoms with Gasteiger partial charge in [0.05, 0.1) is 6.20 Å². The van der Waals surface area contributed by atoms with Crippen molar-refractivity contribution in [1.82, 2.24) is 9.97 Å². The molecule has 0 N–H and O–H groups in total. The molecule has 106 valence electrons. The van der Waals surface area contributed by atoms with Crippen LogP contribution in [0.15, 0.2) is 77.0 Å². The molecular weight excluding hydrogens is 292 g/mol. The molecule has 0 unspecified atom stereocenters. The highest BCUT2D eigenvalue weighted by atomic mass is 32.1. The van der Waals surface area contributed by atoms with Crippen LogP contribution >= 0.6 is 11.3 Å². The minimum absolute atomic E-state index is 0.629. The second kappa shape index (κ2) is 5.58. The molecule has 0 aliphatic carbocycles. The van der Waals surface area contributed by atoms with E-state index in [-0.39, 0.29) is 0 Å². The van der Waals surface area contributed by atoms with Gasteiger partial charge < -0.3 is 4.42 Å². The minimum atomic E-state index is 0.629. The van der Waals surface area contributed by atoms with E-state index in [2.05, 4.69) is 34.2 Å². The van der Waals surface area contributed by atoms with Gasteiger partial charge in [0.1, 0.15) is 11.3 Å². The SMILES string of the molecule is c1ccc(-c2cc(-c3nccs3)ccc2-c2ncco2)cc1. The Bertz CT molecular complexity index is 869. The standard InChI is InChI=1S/C18H12N2OS/c1-2-4-13(5-3-1)16-12-14(18-20-9-11-22-18)6-7-15(16)17-19-8-10-21-17/h1-12H. The zero-order valence-corrected chi connectivity index (χ0v) is 12.5. The maximum Gasteiger partial charge on any atom is 0.226 e. The van der Waals surface area contributed by atoms with Crippen LogP contribution in [-0.4, -0.2) is 9.97 Å². The van der Waals surface area contributed by atoms with Gasteiger partial charge in [0.2, 0.25) is 5.89 Å². The molecule has 2 heterocycles. The van der Waals surface area contributed by atoms with E-state index in [9.17, 15) is 0 Å². The van der Waals surface area contributed by atoms with Gasteiger partial charge in [0.25, 0.3) is 0 Å². The summed E-state index contributed by atoms with van der Waals surface area (Å²) in [5, 5.41) is 3.00. The molecule has 0 amide bonds. The average Bonchev–Trinajstić information content (AvgIpc) is 3.29. The van der Waals surface area contributed by atoms with E-state index in [0.717, 1.165) is 27.3 Å². The van der Waals surface area contributed by atoms with Gasteiger partial charge in [-0.1, -0.05) is 36.4 Å². The smallest absolute Gasteiger partial charge is 0.226 e. The summed E-state index contributed by atoms with van der Waals surface area (Å²) in [4.78, 5) is 8.68. The number of benzene rings is 2. The molecule has 0 fully saturated rings. The molecule has 0 saturated heterocycles. The molecule has 4 rings (SSSR count). The van der Waals surface area contributed by atoms with Crippen molar-refractivity contribution in [1.29, 1.82) is 0 Å². The number of hydrogen-bond acceptors (Lipinski definition) is 4. The first-order valence-electron chi connectivity index (χ1n) is 6.91. The summed E-state index contributed by atoms with van der Waals surface area (Å²) in [5.74, 6) is 0.629. The van der Waals surface area contributed by atoms with E-state index in [4.69, 9.17) is 4.42 Å². The molecular formula is C18H12N2OS. The molecule has 0 atom stereocenters. The van der Waals surface area contributed by atoms with Gasteiger partial charge in [-0.3, -0.25) is 0 Å². The fraction of sp³-hybridized carbons (Fsp3) is 0. The minimum Gasteiger partial charge on any atom is -0.445 e. The van der Waals surface area contributed by atoms with Crippen LogP contribution in [-0.2, 0) is 0 Å². The van der Waals surface area contributed by atoms with Gasteiger partial charge in [-0.2, -0.15) is 0 Å². The lowest BCUT2D eigenvalue weighted by Crippen LogP contribution is -1.87. The molecule has 22 heavy (non-hydrogen) atoms. The van der Waals surface area contributed by atoms with Crippen molar-refractivity contribution in [3.8, 4) is 33.2 Å². The van der Waals surface area contributed by atoms with Crippen molar-refractivity contribution in [3.05, 3.63) is 72.6 Å². The first kappa shape index (κ1) is 13.0. The first-order chi connectivity index (χ1) is 10.9. The van der Waals surface area contributed by atoms with Crippen LogP contribution in [0.25, 0.3) is 33.2 Å². The fourth-order valence-corrected chi connectivity index (χ4v) is 3.08. The molecule has 0 bridgehead atoms. The summed E-state index contributed by atoms with van der Waals surface area (Å²) >= 11 is 1.63. The molecule has 0 radical (unpaired) electrons. The third-order valence-corrected chi connectivity index (χ3v) is 4.27. The van der Waals surface area contributed by atoms with E-state index in [1.54, 1.807) is 23.8 Å². The third-order valence-electron chi connectivity index (χ3n) is 3.45. The van der Waals surface area contributed by atoms with Gasteiger partial charge in [-0.05, 0) is 23.3 Å². The third kappa shape index (κ3) is 2.34. The summed E-state index contributed by atoms with van der Waals surface area (Å²) in [6.07, 6.45) is 5.09. The molecule has 3 nitrogen and oxygen atoms in total. The lowest BCUT2D eigenvalue weighted by molar-refractivity contribution is 0.575. The van der Waals surface area contributed by atoms with Crippen molar-refractivity contribution < 1.29 is 4.42 Å². The van der Waals surface area contributed by atoms with Crippen LogP contribution in [0.1, 0.15) is 0 Å². The number of aromatic nitrogens is 2. The molecule has 2 aromatic carbocycles. The van der Waals surface area contributed by atoms with Crippen molar-refractivity contribution >= 4 is 11.3 Å². The Labute approximate surface area is 131 Å². The largest absolute Gasteiger partial charge is 0.445 e. The highest BCUT2D eigenvalue weighted by Crippen LogP contribution is 2.35. The van der Waals surface area contributed by atoms with Crippen LogP contribution < -0.4 is 0 Å². The summed E-state index contributed by atoms with van der Waals surface area (Å²) < 4.78 is 5.49. The fourth-order valence-electron chi connectivity index (χ4n) is 2.44. The van der Waals surface area contributed by atoms with Crippen LogP contribution in [0.3, 0.4) is 0 Å². The van der Waals surface area contributed by atoms with E-state index in [1.807, 2.05) is 35.8 Å². The molecule has 4 aromatic rings. The molecule has 4 heteroatoms. The second-order valence-electron chi connectivity index (χ2n) is 4.80. The van der Waals surface area contributed by atoms with Crippen molar-refractivity contribution in [2.75, 3.05) is 0 Å². The Balaban J connectivity index is 1.93. The molecule has 0 aliphatic rings. The van der Waals surface area contributed by atoms with Crippen molar-refractivity contribution in [2.45, 2.75) is 0 Å². The quantitative estimate of drug-likeness (QED) is 0.526. The lowest BCUT2D eigenvalue weighted by atomic mass is 9.97. The Kier molecular flexibility index (Phi) is 3.29. The highest BCUT2D eigenvalue weighted by molar-refractivity contribution is 7.13. The van der Waals surface area contributed by atoms with Gasteiger partial charge >= 0.3 is 0 Å². The van der Waals surface area contributed by atoms with Crippen molar-refractivity contribution in [3.63, 3.8) is 0 Å². The summed E-state index contributed by atoms with van der Waals surface area (Å²) in [6, 6.07) is 16.5. The Morgan fingerprint density at radius 1 is 0.818 bits per heavy atom. The summed E-state index contributed by atoms with van der Waals surface area (Å²) in [5.41, 5.74) is 4.31. The Morgan fingerprint density at radius 3 is 2.45 bits per heavy atom. The second-order valence-corrected chi connectivity index (χ2v) is 5.70. The number of rotatable bonds is 3.